The van der Waals surface area contributed by atoms with Crippen molar-refractivity contribution in [2.45, 2.75) is 122 Å². The van der Waals surface area contributed by atoms with Crippen LogP contribution in [0, 0.1) is 0 Å². The molecule has 0 aromatic heterocycles. The molecular formula is C27H49NO2Si. The zero-order valence-corrected chi connectivity index (χ0v) is 21.7. The summed E-state index contributed by atoms with van der Waals surface area (Å²) < 4.78 is 0. The highest BCUT2D eigenvalue weighted by Crippen LogP contribution is 2.17. The van der Waals surface area contributed by atoms with Gasteiger partial charge in [0, 0.05) is 20.3 Å². The monoisotopic (exact) mass is 447 g/mol. The maximum absolute atomic E-state index is 10.8. The molecule has 0 amide bonds. The highest BCUT2D eigenvalue weighted by atomic mass is 28.3. The van der Waals surface area contributed by atoms with Crippen molar-refractivity contribution in [2.24, 2.45) is 0 Å². The van der Waals surface area contributed by atoms with Gasteiger partial charge in [-0.25, -0.2) is 4.79 Å². The molecule has 0 bridgehead atoms. The van der Waals surface area contributed by atoms with Gasteiger partial charge in [-0.05, 0) is 30.7 Å². The lowest BCUT2D eigenvalue weighted by molar-refractivity contribution is 0.0697. The first-order valence-electron chi connectivity index (χ1n) is 13.0. The number of carboxylic acids is 1. The highest BCUT2D eigenvalue weighted by molar-refractivity contribution is 6.76. The third-order valence-electron chi connectivity index (χ3n) is 6.06. The first kappa shape index (κ1) is 27.7. The summed E-state index contributed by atoms with van der Waals surface area (Å²) in [5, 5.41) is 12.3. The van der Waals surface area contributed by atoms with Crippen LogP contribution < -0.4 is 5.32 Å². The molecule has 0 fully saturated rings. The van der Waals surface area contributed by atoms with Crippen molar-refractivity contribution in [2.75, 3.05) is 11.9 Å². The second-order valence-corrected chi connectivity index (χ2v) is 16.0. The molecule has 0 aliphatic rings. The molecule has 1 aromatic rings. The fourth-order valence-corrected chi connectivity index (χ4v) is 5.35. The maximum Gasteiger partial charge on any atom is 0.335 e. The molecule has 4 heteroatoms. The van der Waals surface area contributed by atoms with Crippen LogP contribution in [0.4, 0.5) is 5.69 Å². The van der Waals surface area contributed by atoms with Crippen LogP contribution in [0.25, 0.3) is 0 Å². The van der Waals surface area contributed by atoms with E-state index in [1.807, 2.05) is 12.1 Å². The highest BCUT2D eigenvalue weighted by Gasteiger charge is 2.11. The number of carboxylic acid groups (broad SMARTS) is 1. The van der Waals surface area contributed by atoms with Crippen LogP contribution >= 0.6 is 0 Å². The Labute approximate surface area is 193 Å². The molecule has 0 heterocycles. The van der Waals surface area contributed by atoms with Gasteiger partial charge < -0.3 is 10.4 Å². The number of nitrogens with one attached hydrogen (secondary N) is 1. The number of rotatable bonds is 20. The van der Waals surface area contributed by atoms with Crippen LogP contribution in [0.3, 0.4) is 0 Å². The summed E-state index contributed by atoms with van der Waals surface area (Å²) in [6, 6.07) is 8.51. The number of hydrogen-bond donors (Lipinski definition) is 2. The SMILES string of the molecule is C[Si](C)(C)CCCCCCCCCCCCCCCCCNc1ccc(C(=O)O)cc1. The zero-order chi connectivity index (χ0) is 22.8. The Hall–Kier alpha value is -1.29. The molecule has 1 rings (SSSR count). The summed E-state index contributed by atoms with van der Waals surface area (Å²) in [6.07, 6.45) is 21.0. The van der Waals surface area contributed by atoms with Gasteiger partial charge in [-0.3, -0.25) is 0 Å². The topological polar surface area (TPSA) is 49.3 Å². The summed E-state index contributed by atoms with van der Waals surface area (Å²) in [6.45, 7) is 8.42. The van der Waals surface area contributed by atoms with Crippen molar-refractivity contribution >= 4 is 19.7 Å². The quantitative estimate of drug-likeness (QED) is 0.155. The molecule has 0 saturated heterocycles. The van der Waals surface area contributed by atoms with E-state index in [9.17, 15) is 4.79 Å². The van der Waals surface area contributed by atoms with E-state index in [1.54, 1.807) is 12.1 Å². The van der Waals surface area contributed by atoms with E-state index in [0.717, 1.165) is 12.2 Å². The van der Waals surface area contributed by atoms with E-state index < -0.39 is 14.0 Å². The molecular weight excluding hydrogens is 398 g/mol. The zero-order valence-electron chi connectivity index (χ0n) is 20.7. The van der Waals surface area contributed by atoms with E-state index in [1.165, 1.54) is 102 Å². The van der Waals surface area contributed by atoms with Crippen LogP contribution in [0.15, 0.2) is 24.3 Å². The van der Waals surface area contributed by atoms with Crippen molar-refractivity contribution in [3.63, 3.8) is 0 Å². The summed E-state index contributed by atoms with van der Waals surface area (Å²) in [7, 11) is -0.802. The van der Waals surface area contributed by atoms with Crippen LogP contribution in [-0.4, -0.2) is 25.7 Å². The number of benzene rings is 1. The van der Waals surface area contributed by atoms with Gasteiger partial charge >= 0.3 is 5.97 Å². The number of hydrogen-bond acceptors (Lipinski definition) is 2. The summed E-state index contributed by atoms with van der Waals surface area (Å²) in [5.74, 6) is -0.870. The lowest BCUT2D eigenvalue weighted by Gasteiger charge is -2.14. The molecule has 1 aromatic carbocycles. The normalized spacial score (nSPS) is 11.6. The van der Waals surface area contributed by atoms with Gasteiger partial charge in [-0.2, -0.15) is 0 Å². The van der Waals surface area contributed by atoms with Gasteiger partial charge in [0.15, 0.2) is 0 Å². The third-order valence-corrected chi connectivity index (χ3v) is 7.92. The number of anilines is 1. The molecule has 0 unspecified atom stereocenters. The standard InChI is InChI=1S/C27H49NO2Si/c1-31(2,3)24-18-16-14-12-10-8-6-4-5-7-9-11-13-15-17-23-28-26-21-19-25(20-22-26)27(29)30/h19-22,28H,4-18,23-24H2,1-3H3,(H,29,30). The van der Waals surface area contributed by atoms with E-state index in [0.29, 0.717) is 5.56 Å². The average molecular weight is 448 g/mol. The first-order chi connectivity index (χ1) is 14.9. The van der Waals surface area contributed by atoms with Crippen molar-refractivity contribution in [3.05, 3.63) is 29.8 Å². The Morgan fingerprint density at radius 3 is 1.45 bits per heavy atom. The van der Waals surface area contributed by atoms with Gasteiger partial charge in [-0.15, -0.1) is 0 Å². The van der Waals surface area contributed by atoms with Gasteiger partial charge in [-0.1, -0.05) is 116 Å². The predicted octanol–water partition coefficient (Wildman–Crippen LogP) is 8.99. The number of aromatic carboxylic acids is 1. The van der Waals surface area contributed by atoms with Gasteiger partial charge in [0.2, 0.25) is 0 Å². The Morgan fingerprint density at radius 2 is 1.06 bits per heavy atom. The first-order valence-corrected chi connectivity index (χ1v) is 16.7. The lowest BCUT2D eigenvalue weighted by atomic mass is 10.0. The molecule has 2 N–H and O–H groups in total. The minimum Gasteiger partial charge on any atom is -0.478 e. The Kier molecular flexibility index (Phi) is 15.5. The summed E-state index contributed by atoms with van der Waals surface area (Å²) in [5.41, 5.74) is 1.35. The average Bonchev–Trinajstić information content (AvgIpc) is 2.72. The molecule has 3 nitrogen and oxygen atoms in total. The second kappa shape index (κ2) is 17.3. The maximum atomic E-state index is 10.8. The molecule has 0 aliphatic carbocycles. The Morgan fingerprint density at radius 1 is 0.677 bits per heavy atom. The van der Waals surface area contributed by atoms with Gasteiger partial charge in [0.05, 0.1) is 5.56 Å². The van der Waals surface area contributed by atoms with E-state index in [4.69, 9.17) is 5.11 Å². The third kappa shape index (κ3) is 17.0. The minimum atomic E-state index is -0.870. The van der Waals surface area contributed by atoms with Gasteiger partial charge in [0.1, 0.15) is 0 Å². The number of unbranched alkanes of at least 4 members (excludes halogenated alkanes) is 14. The minimum absolute atomic E-state index is 0.341. The molecule has 178 valence electrons. The molecule has 0 spiro atoms. The van der Waals surface area contributed by atoms with Crippen molar-refractivity contribution in [1.29, 1.82) is 0 Å². The van der Waals surface area contributed by atoms with Crippen LogP contribution in [0.5, 0.6) is 0 Å². The summed E-state index contributed by atoms with van der Waals surface area (Å²) in [4.78, 5) is 10.8. The molecule has 0 radical (unpaired) electrons. The van der Waals surface area contributed by atoms with Crippen molar-refractivity contribution < 1.29 is 9.90 Å². The van der Waals surface area contributed by atoms with Gasteiger partial charge in [0.25, 0.3) is 0 Å². The Balaban J connectivity index is 1.77. The lowest BCUT2D eigenvalue weighted by Crippen LogP contribution is -2.18. The van der Waals surface area contributed by atoms with Crippen molar-refractivity contribution in [1.82, 2.24) is 0 Å². The largest absolute Gasteiger partial charge is 0.478 e. The molecule has 0 aliphatic heterocycles. The van der Waals surface area contributed by atoms with Crippen molar-refractivity contribution in [3.8, 4) is 0 Å². The molecule has 0 saturated carbocycles. The fourth-order valence-electron chi connectivity index (χ4n) is 4.04. The summed E-state index contributed by atoms with van der Waals surface area (Å²) >= 11 is 0. The fraction of sp³-hybridized carbons (Fsp3) is 0.741. The smallest absolute Gasteiger partial charge is 0.335 e. The van der Waals surface area contributed by atoms with E-state index in [-0.39, 0.29) is 0 Å². The van der Waals surface area contributed by atoms with Crippen LogP contribution in [-0.2, 0) is 0 Å². The molecule has 0 atom stereocenters. The van der Waals surface area contributed by atoms with Crippen LogP contribution in [0.1, 0.15) is 107 Å². The van der Waals surface area contributed by atoms with Crippen LogP contribution in [0.2, 0.25) is 25.7 Å². The van der Waals surface area contributed by atoms with E-state index >= 15 is 0 Å². The molecule has 31 heavy (non-hydrogen) atoms. The number of carbonyl (C=O) groups is 1. The predicted molar refractivity (Wildman–Crippen MR) is 139 cm³/mol. The van der Waals surface area contributed by atoms with E-state index in [2.05, 4.69) is 25.0 Å². The Bertz CT molecular complexity index is 566. The second-order valence-electron chi connectivity index (χ2n) is 10.4.